The van der Waals surface area contributed by atoms with Gasteiger partial charge in [-0.25, -0.2) is 0 Å². The van der Waals surface area contributed by atoms with E-state index in [2.05, 4.69) is 73.6 Å². The Balaban J connectivity index is 2.39. The van der Waals surface area contributed by atoms with E-state index in [1.54, 1.807) is 0 Å². The van der Waals surface area contributed by atoms with Crippen molar-refractivity contribution in [2.45, 2.75) is 6.54 Å². The number of benzene rings is 3. The molecule has 3 rings (SSSR count). The van der Waals surface area contributed by atoms with E-state index in [0.717, 1.165) is 6.54 Å². The molecule has 0 fully saturated rings. The molecule has 0 amide bonds. The van der Waals surface area contributed by atoms with E-state index in [0.29, 0.717) is 0 Å². The van der Waals surface area contributed by atoms with Crippen LogP contribution in [0.4, 0.5) is 0 Å². The topological polar surface area (TPSA) is 3.24 Å². The zero-order chi connectivity index (χ0) is 12.5. The summed E-state index contributed by atoms with van der Waals surface area (Å²) in [6.07, 6.45) is 0. The van der Waals surface area contributed by atoms with Gasteiger partial charge in [0.2, 0.25) is 0 Å². The Bertz CT molecular complexity index is 698. The second kappa shape index (κ2) is 4.43. The molecule has 3 aromatic rings. The van der Waals surface area contributed by atoms with E-state index in [1.165, 1.54) is 27.1 Å². The Morgan fingerprint density at radius 1 is 0.778 bits per heavy atom. The molecule has 0 bridgehead atoms. The molecule has 1 nitrogen and oxygen atoms in total. The molecule has 0 aliphatic carbocycles. The van der Waals surface area contributed by atoms with Crippen LogP contribution in [0.15, 0.2) is 54.6 Å². The zero-order valence-corrected chi connectivity index (χ0v) is 10.9. The minimum absolute atomic E-state index is 0.978. The van der Waals surface area contributed by atoms with E-state index in [4.69, 9.17) is 0 Å². The van der Waals surface area contributed by atoms with E-state index >= 15 is 0 Å². The smallest absolute Gasteiger partial charge is 0.0234 e. The maximum absolute atomic E-state index is 2.32. The van der Waals surface area contributed by atoms with Gasteiger partial charge in [0.25, 0.3) is 0 Å². The molecular weight excluding hydrogens is 218 g/mol. The first-order valence-corrected chi connectivity index (χ1v) is 6.30. The van der Waals surface area contributed by atoms with Gasteiger partial charge in [0.15, 0.2) is 0 Å². The standard InChI is InChI=1S/C17H17N/c1-18(2)12-14-11-13-7-3-4-8-15(13)17-10-6-5-9-16(14)17/h3-11H,12H2,1-2H3. The Morgan fingerprint density at radius 3 is 2.11 bits per heavy atom. The van der Waals surface area contributed by atoms with Crippen molar-refractivity contribution in [2.24, 2.45) is 0 Å². The van der Waals surface area contributed by atoms with Gasteiger partial charge in [-0.1, -0.05) is 48.5 Å². The quantitative estimate of drug-likeness (QED) is 0.606. The molecule has 18 heavy (non-hydrogen) atoms. The fourth-order valence-corrected chi connectivity index (χ4v) is 2.60. The van der Waals surface area contributed by atoms with Gasteiger partial charge in [-0.3, -0.25) is 0 Å². The highest BCUT2D eigenvalue weighted by molar-refractivity contribution is 6.08. The minimum Gasteiger partial charge on any atom is -0.305 e. The van der Waals surface area contributed by atoms with Crippen molar-refractivity contribution in [1.82, 2.24) is 4.90 Å². The van der Waals surface area contributed by atoms with Crippen LogP contribution in [0.5, 0.6) is 0 Å². The summed E-state index contributed by atoms with van der Waals surface area (Å²) in [5.74, 6) is 0. The third-order valence-corrected chi connectivity index (χ3v) is 3.34. The first kappa shape index (κ1) is 11.2. The lowest BCUT2D eigenvalue weighted by atomic mass is 9.97. The first-order valence-electron chi connectivity index (χ1n) is 6.30. The average Bonchev–Trinajstić information content (AvgIpc) is 2.38. The van der Waals surface area contributed by atoms with Gasteiger partial charge in [-0.2, -0.15) is 0 Å². The number of fused-ring (bicyclic) bond motifs is 3. The molecule has 0 saturated heterocycles. The molecule has 0 saturated carbocycles. The minimum atomic E-state index is 0.978. The molecule has 0 heterocycles. The summed E-state index contributed by atoms with van der Waals surface area (Å²) in [5, 5.41) is 5.39. The van der Waals surface area contributed by atoms with Gasteiger partial charge < -0.3 is 4.90 Å². The monoisotopic (exact) mass is 235 g/mol. The number of hydrogen-bond donors (Lipinski definition) is 0. The van der Waals surface area contributed by atoms with Crippen molar-refractivity contribution >= 4 is 21.5 Å². The normalized spacial score (nSPS) is 11.5. The largest absolute Gasteiger partial charge is 0.305 e. The van der Waals surface area contributed by atoms with Crippen LogP contribution in [0.1, 0.15) is 5.56 Å². The Morgan fingerprint density at radius 2 is 1.39 bits per heavy atom. The summed E-state index contributed by atoms with van der Waals surface area (Å²) in [7, 11) is 4.23. The van der Waals surface area contributed by atoms with Crippen LogP contribution in [0, 0.1) is 0 Å². The van der Waals surface area contributed by atoms with Gasteiger partial charge in [0, 0.05) is 6.54 Å². The number of rotatable bonds is 2. The van der Waals surface area contributed by atoms with E-state index in [9.17, 15) is 0 Å². The Kier molecular flexibility index (Phi) is 2.77. The summed E-state index contributed by atoms with van der Waals surface area (Å²) in [6, 6.07) is 19.6. The summed E-state index contributed by atoms with van der Waals surface area (Å²) in [5.41, 5.74) is 1.40. The summed E-state index contributed by atoms with van der Waals surface area (Å²) in [4.78, 5) is 2.22. The lowest BCUT2D eigenvalue weighted by Gasteiger charge is -2.14. The zero-order valence-electron chi connectivity index (χ0n) is 10.9. The fourth-order valence-electron chi connectivity index (χ4n) is 2.60. The molecule has 0 aromatic heterocycles. The van der Waals surface area contributed by atoms with Crippen molar-refractivity contribution in [1.29, 1.82) is 0 Å². The molecule has 0 N–H and O–H groups in total. The molecule has 0 atom stereocenters. The predicted octanol–water partition coefficient (Wildman–Crippen LogP) is 4.05. The highest BCUT2D eigenvalue weighted by Gasteiger charge is 2.06. The molecule has 1 heteroatoms. The van der Waals surface area contributed by atoms with Crippen LogP contribution in [0.3, 0.4) is 0 Å². The Hall–Kier alpha value is -1.86. The third-order valence-electron chi connectivity index (χ3n) is 3.34. The van der Waals surface area contributed by atoms with Crippen LogP contribution in [-0.2, 0) is 6.54 Å². The van der Waals surface area contributed by atoms with Crippen LogP contribution < -0.4 is 0 Å². The van der Waals surface area contributed by atoms with Gasteiger partial charge in [0.05, 0.1) is 0 Å². The summed E-state index contributed by atoms with van der Waals surface area (Å²) in [6.45, 7) is 0.978. The highest BCUT2D eigenvalue weighted by Crippen LogP contribution is 2.29. The van der Waals surface area contributed by atoms with Crippen molar-refractivity contribution < 1.29 is 0 Å². The maximum Gasteiger partial charge on any atom is 0.0234 e. The molecular formula is C17H17N. The average molecular weight is 235 g/mol. The molecule has 0 spiro atoms. The summed E-state index contributed by atoms with van der Waals surface area (Å²) < 4.78 is 0. The predicted molar refractivity (Wildman–Crippen MR) is 78.8 cm³/mol. The van der Waals surface area contributed by atoms with Crippen molar-refractivity contribution in [3.8, 4) is 0 Å². The van der Waals surface area contributed by atoms with E-state index in [1.807, 2.05) is 0 Å². The SMILES string of the molecule is CN(C)Cc1cc2ccccc2c2ccccc12. The van der Waals surface area contributed by atoms with E-state index in [-0.39, 0.29) is 0 Å². The molecule has 0 aliphatic heterocycles. The maximum atomic E-state index is 2.32. The third kappa shape index (κ3) is 1.87. The lowest BCUT2D eigenvalue weighted by Crippen LogP contribution is -2.10. The first-order chi connectivity index (χ1) is 8.75. The van der Waals surface area contributed by atoms with Gasteiger partial charge in [-0.15, -0.1) is 0 Å². The van der Waals surface area contributed by atoms with Crippen molar-refractivity contribution in [3.63, 3.8) is 0 Å². The fraction of sp³-hybridized carbons (Fsp3) is 0.176. The van der Waals surface area contributed by atoms with Crippen LogP contribution in [0.2, 0.25) is 0 Å². The molecule has 0 radical (unpaired) electrons. The van der Waals surface area contributed by atoms with Gasteiger partial charge in [0.1, 0.15) is 0 Å². The summed E-state index contributed by atoms with van der Waals surface area (Å²) >= 11 is 0. The van der Waals surface area contributed by atoms with Gasteiger partial charge >= 0.3 is 0 Å². The number of hydrogen-bond acceptors (Lipinski definition) is 1. The lowest BCUT2D eigenvalue weighted by molar-refractivity contribution is 0.404. The van der Waals surface area contributed by atoms with Crippen molar-refractivity contribution in [3.05, 3.63) is 60.2 Å². The van der Waals surface area contributed by atoms with Crippen LogP contribution in [0.25, 0.3) is 21.5 Å². The Labute approximate surface area is 108 Å². The highest BCUT2D eigenvalue weighted by atomic mass is 15.0. The van der Waals surface area contributed by atoms with Crippen molar-refractivity contribution in [2.75, 3.05) is 14.1 Å². The number of nitrogens with zero attached hydrogens (tertiary/aromatic N) is 1. The molecule has 0 unspecified atom stereocenters. The molecule has 90 valence electrons. The van der Waals surface area contributed by atoms with E-state index < -0.39 is 0 Å². The second-order valence-corrected chi connectivity index (χ2v) is 5.04. The van der Waals surface area contributed by atoms with Crippen LogP contribution >= 0.6 is 0 Å². The molecule has 0 aliphatic rings. The molecule has 3 aromatic carbocycles. The van der Waals surface area contributed by atoms with Crippen LogP contribution in [-0.4, -0.2) is 19.0 Å². The second-order valence-electron chi connectivity index (χ2n) is 5.04. The van der Waals surface area contributed by atoms with Gasteiger partial charge in [-0.05, 0) is 47.3 Å².